The molecule has 1 unspecified atom stereocenters. The van der Waals surface area contributed by atoms with E-state index in [9.17, 15) is 4.39 Å². The van der Waals surface area contributed by atoms with Crippen LogP contribution in [-0.4, -0.2) is 6.54 Å². The average molecular weight is 312 g/mol. The molecule has 0 aliphatic heterocycles. The Hall–Kier alpha value is -1.09. The smallest absolute Gasteiger partial charge is 0.124 e. The van der Waals surface area contributed by atoms with Crippen molar-refractivity contribution in [3.8, 4) is 0 Å². The molecule has 0 spiro atoms. The Balaban J connectivity index is 1.88. The summed E-state index contributed by atoms with van der Waals surface area (Å²) in [5.74, 6) is -0.313. The van der Waals surface area contributed by atoms with Crippen LogP contribution < -0.4 is 5.32 Å². The zero-order chi connectivity index (χ0) is 14.5. The number of rotatable bonds is 5. The summed E-state index contributed by atoms with van der Waals surface area (Å²) in [6.45, 7) is 2.83. The van der Waals surface area contributed by atoms with Gasteiger partial charge in [-0.25, -0.2) is 4.39 Å². The van der Waals surface area contributed by atoms with Crippen LogP contribution in [0.5, 0.6) is 0 Å². The van der Waals surface area contributed by atoms with E-state index in [1.807, 2.05) is 31.2 Å². The summed E-state index contributed by atoms with van der Waals surface area (Å²) in [6.07, 6.45) is 0.903. The van der Waals surface area contributed by atoms with Crippen molar-refractivity contribution in [3.05, 3.63) is 69.5 Å². The summed E-state index contributed by atoms with van der Waals surface area (Å²) >= 11 is 11.9. The zero-order valence-corrected chi connectivity index (χ0v) is 12.7. The summed E-state index contributed by atoms with van der Waals surface area (Å²) < 4.78 is 13.0. The van der Waals surface area contributed by atoms with Gasteiger partial charge in [-0.3, -0.25) is 0 Å². The van der Waals surface area contributed by atoms with E-state index < -0.39 is 0 Å². The molecule has 0 aliphatic carbocycles. The average Bonchev–Trinajstić information content (AvgIpc) is 2.41. The fourth-order valence-corrected chi connectivity index (χ4v) is 2.50. The van der Waals surface area contributed by atoms with Crippen LogP contribution in [-0.2, 0) is 6.42 Å². The molecule has 2 aromatic carbocycles. The van der Waals surface area contributed by atoms with Crippen molar-refractivity contribution in [2.45, 2.75) is 19.4 Å². The van der Waals surface area contributed by atoms with E-state index in [2.05, 4.69) is 5.32 Å². The highest BCUT2D eigenvalue weighted by molar-refractivity contribution is 6.31. The van der Waals surface area contributed by atoms with E-state index in [1.54, 1.807) is 6.07 Å². The van der Waals surface area contributed by atoms with E-state index in [-0.39, 0.29) is 11.9 Å². The third-order valence-corrected chi connectivity index (χ3v) is 3.79. The van der Waals surface area contributed by atoms with Crippen molar-refractivity contribution in [2.75, 3.05) is 6.54 Å². The van der Waals surface area contributed by atoms with Gasteiger partial charge in [0.15, 0.2) is 0 Å². The van der Waals surface area contributed by atoms with Gasteiger partial charge in [-0.2, -0.15) is 0 Å². The lowest BCUT2D eigenvalue weighted by atomic mass is 10.1. The number of benzene rings is 2. The molecular weight excluding hydrogens is 296 g/mol. The van der Waals surface area contributed by atoms with Crippen molar-refractivity contribution < 1.29 is 4.39 Å². The van der Waals surface area contributed by atoms with Crippen molar-refractivity contribution >= 4 is 23.2 Å². The first-order chi connectivity index (χ1) is 9.56. The second-order valence-electron chi connectivity index (χ2n) is 4.72. The third-order valence-electron chi connectivity index (χ3n) is 3.21. The number of hydrogen-bond acceptors (Lipinski definition) is 1. The fraction of sp³-hybridized carbons (Fsp3) is 0.250. The van der Waals surface area contributed by atoms with Gasteiger partial charge in [0.1, 0.15) is 5.82 Å². The molecule has 0 heterocycles. The summed E-state index contributed by atoms with van der Waals surface area (Å²) in [5.41, 5.74) is 2.13. The van der Waals surface area contributed by atoms with E-state index in [1.165, 1.54) is 17.7 Å². The van der Waals surface area contributed by atoms with Crippen LogP contribution in [0.3, 0.4) is 0 Å². The monoisotopic (exact) mass is 311 g/mol. The molecule has 0 aromatic heterocycles. The Bertz CT molecular complexity index is 569. The second kappa shape index (κ2) is 7.07. The maximum absolute atomic E-state index is 13.0. The molecule has 106 valence electrons. The summed E-state index contributed by atoms with van der Waals surface area (Å²) in [6, 6.07) is 12.4. The van der Waals surface area contributed by atoms with Crippen LogP contribution in [0.1, 0.15) is 24.1 Å². The van der Waals surface area contributed by atoms with Crippen LogP contribution in [0.4, 0.5) is 4.39 Å². The molecule has 1 atom stereocenters. The first kappa shape index (κ1) is 15.3. The molecular formula is C16H16Cl2FN. The van der Waals surface area contributed by atoms with E-state index >= 15 is 0 Å². The Labute approximate surface area is 128 Å². The predicted molar refractivity (Wildman–Crippen MR) is 83.0 cm³/mol. The van der Waals surface area contributed by atoms with Gasteiger partial charge in [0.2, 0.25) is 0 Å². The summed E-state index contributed by atoms with van der Waals surface area (Å²) in [7, 11) is 0. The first-order valence-electron chi connectivity index (χ1n) is 6.49. The van der Waals surface area contributed by atoms with Gasteiger partial charge in [-0.15, -0.1) is 0 Å². The maximum atomic E-state index is 13.0. The minimum absolute atomic E-state index is 0.0791. The molecule has 4 heteroatoms. The topological polar surface area (TPSA) is 12.0 Å². The van der Waals surface area contributed by atoms with Gasteiger partial charge in [-0.05, 0) is 55.3 Å². The molecule has 2 aromatic rings. The maximum Gasteiger partial charge on any atom is 0.124 e. The first-order valence-corrected chi connectivity index (χ1v) is 7.24. The Morgan fingerprint density at radius 3 is 2.45 bits per heavy atom. The van der Waals surface area contributed by atoms with Gasteiger partial charge in [0, 0.05) is 16.1 Å². The molecule has 0 amide bonds. The number of halogens is 3. The molecule has 0 saturated carbocycles. The minimum Gasteiger partial charge on any atom is -0.310 e. The van der Waals surface area contributed by atoms with Crippen molar-refractivity contribution in [1.82, 2.24) is 5.32 Å². The quantitative estimate of drug-likeness (QED) is 0.817. The standard InChI is InChI=1S/C16H16Cl2FN/c1-11(15-7-6-14(19)10-16(15)18)20-9-8-12-2-4-13(17)5-3-12/h2-7,10-11,20H,8-9H2,1H3. The highest BCUT2D eigenvalue weighted by atomic mass is 35.5. The number of nitrogens with one attached hydrogen (secondary N) is 1. The molecule has 0 aliphatic rings. The Kier molecular flexibility index (Phi) is 5.41. The molecule has 0 bridgehead atoms. The summed E-state index contributed by atoms with van der Waals surface area (Å²) in [4.78, 5) is 0. The molecule has 1 nitrogen and oxygen atoms in total. The lowest BCUT2D eigenvalue weighted by Crippen LogP contribution is -2.21. The van der Waals surface area contributed by atoms with Gasteiger partial charge in [-0.1, -0.05) is 41.4 Å². The second-order valence-corrected chi connectivity index (χ2v) is 5.56. The SMILES string of the molecule is CC(NCCc1ccc(Cl)cc1)c1ccc(F)cc1Cl. The van der Waals surface area contributed by atoms with E-state index in [0.29, 0.717) is 5.02 Å². The zero-order valence-electron chi connectivity index (χ0n) is 11.2. The van der Waals surface area contributed by atoms with Crippen molar-refractivity contribution in [2.24, 2.45) is 0 Å². The molecule has 2 rings (SSSR count). The van der Waals surface area contributed by atoms with Gasteiger partial charge < -0.3 is 5.32 Å². The Morgan fingerprint density at radius 2 is 1.80 bits per heavy atom. The Morgan fingerprint density at radius 1 is 1.10 bits per heavy atom. The molecule has 0 saturated heterocycles. The molecule has 1 N–H and O–H groups in total. The highest BCUT2D eigenvalue weighted by Crippen LogP contribution is 2.23. The number of hydrogen-bond donors (Lipinski definition) is 1. The van der Waals surface area contributed by atoms with Crippen LogP contribution in [0.25, 0.3) is 0 Å². The normalized spacial score (nSPS) is 12.4. The van der Waals surface area contributed by atoms with Gasteiger partial charge >= 0.3 is 0 Å². The third kappa shape index (κ3) is 4.20. The van der Waals surface area contributed by atoms with Crippen LogP contribution in [0, 0.1) is 5.82 Å². The van der Waals surface area contributed by atoms with Gasteiger partial charge in [0.25, 0.3) is 0 Å². The van der Waals surface area contributed by atoms with E-state index in [0.717, 1.165) is 23.6 Å². The van der Waals surface area contributed by atoms with Crippen molar-refractivity contribution in [1.29, 1.82) is 0 Å². The van der Waals surface area contributed by atoms with E-state index in [4.69, 9.17) is 23.2 Å². The fourth-order valence-electron chi connectivity index (χ4n) is 2.05. The summed E-state index contributed by atoms with van der Waals surface area (Å²) in [5, 5.41) is 4.58. The largest absolute Gasteiger partial charge is 0.310 e. The van der Waals surface area contributed by atoms with Crippen LogP contribution in [0.2, 0.25) is 10.0 Å². The minimum atomic E-state index is -0.313. The lowest BCUT2D eigenvalue weighted by molar-refractivity contribution is 0.573. The molecule has 0 radical (unpaired) electrons. The van der Waals surface area contributed by atoms with Crippen LogP contribution in [0.15, 0.2) is 42.5 Å². The predicted octanol–water partition coefficient (Wildman–Crippen LogP) is 5.03. The van der Waals surface area contributed by atoms with Crippen molar-refractivity contribution in [3.63, 3.8) is 0 Å². The van der Waals surface area contributed by atoms with Gasteiger partial charge in [0.05, 0.1) is 0 Å². The van der Waals surface area contributed by atoms with Crippen LogP contribution >= 0.6 is 23.2 Å². The molecule has 20 heavy (non-hydrogen) atoms. The lowest BCUT2D eigenvalue weighted by Gasteiger charge is -2.15. The molecule has 0 fully saturated rings. The highest BCUT2D eigenvalue weighted by Gasteiger charge is 2.09.